The predicted molar refractivity (Wildman–Crippen MR) is 69.5 cm³/mol. The molecule has 0 aliphatic heterocycles. The molecule has 0 atom stereocenters. The van der Waals surface area contributed by atoms with Crippen LogP contribution in [-0.4, -0.2) is 23.8 Å². The summed E-state index contributed by atoms with van der Waals surface area (Å²) in [6, 6.07) is 12.7. The molecule has 0 aliphatic carbocycles. The van der Waals surface area contributed by atoms with Crippen LogP contribution in [0.1, 0.15) is 0 Å². The van der Waals surface area contributed by atoms with Gasteiger partial charge in [0.05, 0.1) is 0 Å². The Kier molecular flexibility index (Phi) is 5.75. The number of aromatic hydroxyl groups is 2. The molecule has 0 aromatic heterocycles. The molecule has 100 valence electrons. The molecule has 19 heavy (non-hydrogen) atoms. The molecule has 2 rings (SSSR count). The molecular formula is C14H14O5. The third kappa shape index (κ3) is 4.99. The average molecular weight is 262 g/mol. The third-order valence-electron chi connectivity index (χ3n) is 2.12. The molecule has 0 unspecified atom stereocenters. The number of phenols is 2. The summed E-state index contributed by atoms with van der Waals surface area (Å²) in [5, 5.41) is 18.2. The Labute approximate surface area is 110 Å². The van der Waals surface area contributed by atoms with Crippen LogP contribution in [0.25, 0.3) is 0 Å². The normalized spacial score (nSPS) is 9.05. The monoisotopic (exact) mass is 262 g/mol. The van der Waals surface area contributed by atoms with Crippen molar-refractivity contribution >= 4 is 6.79 Å². The molecule has 0 fully saturated rings. The van der Waals surface area contributed by atoms with Gasteiger partial charge in [0.1, 0.15) is 29.8 Å². The Morgan fingerprint density at radius 3 is 1.37 bits per heavy atom. The van der Waals surface area contributed by atoms with E-state index in [1.165, 1.54) is 24.3 Å². The first-order chi connectivity index (χ1) is 9.24. The minimum absolute atomic E-state index is 0.0650. The van der Waals surface area contributed by atoms with Crippen molar-refractivity contribution in [3.05, 3.63) is 48.5 Å². The largest absolute Gasteiger partial charge is 0.508 e. The van der Waals surface area contributed by atoms with E-state index in [9.17, 15) is 0 Å². The van der Waals surface area contributed by atoms with E-state index in [1.54, 1.807) is 24.3 Å². The molecule has 0 bridgehead atoms. The van der Waals surface area contributed by atoms with Crippen molar-refractivity contribution in [1.82, 2.24) is 0 Å². The summed E-state index contributed by atoms with van der Waals surface area (Å²) in [5.74, 6) is 1.61. The molecule has 0 amide bonds. The average Bonchev–Trinajstić information content (AvgIpc) is 2.45. The molecule has 2 N–H and O–H groups in total. The lowest BCUT2D eigenvalue weighted by molar-refractivity contribution is -0.0979. The van der Waals surface area contributed by atoms with E-state index < -0.39 is 0 Å². The highest BCUT2D eigenvalue weighted by molar-refractivity contribution is 5.31. The minimum atomic E-state index is 0.0650. The number of benzene rings is 2. The molecule has 5 nitrogen and oxygen atoms in total. The van der Waals surface area contributed by atoms with Gasteiger partial charge in [-0.15, -0.1) is 0 Å². The van der Waals surface area contributed by atoms with Crippen LogP contribution in [0.4, 0.5) is 0 Å². The van der Waals surface area contributed by atoms with E-state index in [0.717, 1.165) is 0 Å². The fraction of sp³-hybridized carbons (Fsp3) is 0.0714. The first-order valence-electron chi connectivity index (χ1n) is 5.36. The van der Waals surface area contributed by atoms with Gasteiger partial charge in [0.25, 0.3) is 0 Å². The topological polar surface area (TPSA) is 76.0 Å². The van der Waals surface area contributed by atoms with Crippen molar-refractivity contribution < 1.29 is 24.5 Å². The van der Waals surface area contributed by atoms with Gasteiger partial charge in [0, 0.05) is 0 Å². The van der Waals surface area contributed by atoms with E-state index >= 15 is 0 Å². The molecule has 5 heteroatoms. The Bertz CT molecular complexity index is 433. The highest BCUT2D eigenvalue weighted by atomic mass is 16.7. The summed E-state index contributed by atoms with van der Waals surface area (Å²) in [6.45, 7) is 2.07. The van der Waals surface area contributed by atoms with Crippen molar-refractivity contribution in [2.75, 3.05) is 6.79 Å². The SMILES string of the molecule is C=O.Oc1ccc(OCOc2ccc(O)cc2)cc1. The van der Waals surface area contributed by atoms with Crippen LogP contribution in [0.15, 0.2) is 48.5 Å². The van der Waals surface area contributed by atoms with Crippen LogP contribution in [0.2, 0.25) is 0 Å². The van der Waals surface area contributed by atoms with Crippen molar-refractivity contribution in [1.29, 1.82) is 0 Å². The zero-order chi connectivity index (χ0) is 14.1. The van der Waals surface area contributed by atoms with Crippen molar-refractivity contribution in [3.63, 3.8) is 0 Å². The minimum Gasteiger partial charge on any atom is -0.508 e. The van der Waals surface area contributed by atoms with E-state index in [4.69, 9.17) is 24.5 Å². The number of phenolic OH excluding ortho intramolecular Hbond substituents is 2. The molecule has 0 spiro atoms. The van der Waals surface area contributed by atoms with Gasteiger partial charge in [-0.05, 0) is 48.5 Å². The van der Waals surface area contributed by atoms with Crippen LogP contribution < -0.4 is 9.47 Å². The van der Waals surface area contributed by atoms with Gasteiger partial charge in [-0.1, -0.05) is 0 Å². The first kappa shape index (κ1) is 14.4. The van der Waals surface area contributed by atoms with Gasteiger partial charge in [-0.2, -0.15) is 0 Å². The maximum Gasteiger partial charge on any atom is 0.230 e. The smallest absolute Gasteiger partial charge is 0.230 e. The van der Waals surface area contributed by atoms with E-state index in [-0.39, 0.29) is 18.3 Å². The molecule has 0 aliphatic rings. The van der Waals surface area contributed by atoms with E-state index in [1.807, 2.05) is 6.79 Å². The molecule has 0 radical (unpaired) electrons. The van der Waals surface area contributed by atoms with Gasteiger partial charge in [0.15, 0.2) is 0 Å². The predicted octanol–water partition coefficient (Wildman–Crippen LogP) is 2.33. The van der Waals surface area contributed by atoms with Crippen LogP contribution in [0, 0.1) is 0 Å². The molecular weight excluding hydrogens is 248 g/mol. The summed E-state index contributed by atoms with van der Waals surface area (Å²) < 4.78 is 10.6. The van der Waals surface area contributed by atoms with E-state index in [0.29, 0.717) is 11.5 Å². The van der Waals surface area contributed by atoms with Crippen molar-refractivity contribution in [3.8, 4) is 23.0 Å². The number of hydrogen-bond donors (Lipinski definition) is 2. The van der Waals surface area contributed by atoms with Crippen LogP contribution in [-0.2, 0) is 4.79 Å². The Hall–Kier alpha value is -2.69. The van der Waals surface area contributed by atoms with Gasteiger partial charge >= 0.3 is 0 Å². The highest BCUT2D eigenvalue weighted by Crippen LogP contribution is 2.18. The maximum atomic E-state index is 9.08. The van der Waals surface area contributed by atoms with Crippen LogP contribution in [0.5, 0.6) is 23.0 Å². The summed E-state index contributed by atoms with van der Waals surface area (Å²) in [4.78, 5) is 8.00. The highest BCUT2D eigenvalue weighted by Gasteiger charge is 1.96. The lowest BCUT2D eigenvalue weighted by Crippen LogP contribution is -2.05. The van der Waals surface area contributed by atoms with Crippen LogP contribution >= 0.6 is 0 Å². The van der Waals surface area contributed by atoms with E-state index in [2.05, 4.69) is 0 Å². The molecule has 2 aromatic rings. The lowest BCUT2D eigenvalue weighted by Gasteiger charge is -2.08. The number of rotatable bonds is 4. The van der Waals surface area contributed by atoms with Crippen molar-refractivity contribution in [2.24, 2.45) is 0 Å². The fourth-order valence-electron chi connectivity index (χ4n) is 1.25. The zero-order valence-electron chi connectivity index (χ0n) is 10.2. The number of carbonyl (C=O) groups excluding carboxylic acids is 1. The standard InChI is InChI=1S/C13H12O4.CH2O/c14-10-1-5-12(6-2-10)16-9-17-13-7-3-11(15)4-8-13;1-2/h1-8,14-15H,9H2;1H2. The summed E-state index contributed by atoms with van der Waals surface area (Å²) in [7, 11) is 0. The molecule has 2 aromatic carbocycles. The van der Waals surface area contributed by atoms with Crippen molar-refractivity contribution in [2.45, 2.75) is 0 Å². The van der Waals surface area contributed by atoms with Gasteiger partial charge in [0.2, 0.25) is 6.79 Å². The zero-order valence-corrected chi connectivity index (χ0v) is 10.2. The second-order valence-electron chi connectivity index (χ2n) is 3.39. The number of ether oxygens (including phenoxy) is 2. The summed E-state index contributed by atoms with van der Waals surface area (Å²) in [6.07, 6.45) is 0. The second-order valence-corrected chi connectivity index (χ2v) is 3.39. The lowest BCUT2D eigenvalue weighted by atomic mass is 10.3. The Morgan fingerprint density at radius 1 is 0.737 bits per heavy atom. The van der Waals surface area contributed by atoms with Gasteiger partial charge in [-0.25, -0.2) is 0 Å². The van der Waals surface area contributed by atoms with Gasteiger partial charge in [-0.3, -0.25) is 0 Å². The molecule has 0 saturated carbocycles. The van der Waals surface area contributed by atoms with Gasteiger partial charge < -0.3 is 24.5 Å². The number of carbonyl (C=O) groups is 1. The third-order valence-corrected chi connectivity index (χ3v) is 2.12. The maximum absolute atomic E-state index is 9.08. The summed E-state index contributed by atoms with van der Waals surface area (Å²) in [5.41, 5.74) is 0. The summed E-state index contributed by atoms with van der Waals surface area (Å²) >= 11 is 0. The molecule has 0 heterocycles. The van der Waals surface area contributed by atoms with Crippen LogP contribution in [0.3, 0.4) is 0 Å². The molecule has 0 saturated heterocycles. The fourth-order valence-corrected chi connectivity index (χ4v) is 1.25. The first-order valence-corrected chi connectivity index (χ1v) is 5.36. The Balaban J connectivity index is 0.000000861. The number of hydrogen-bond acceptors (Lipinski definition) is 5. The Morgan fingerprint density at radius 2 is 1.05 bits per heavy atom. The second kappa shape index (κ2) is 7.60. The quantitative estimate of drug-likeness (QED) is 0.827.